The van der Waals surface area contributed by atoms with Gasteiger partial charge in [-0.2, -0.15) is 0 Å². The second-order valence-electron chi connectivity index (χ2n) is 11.1. The second kappa shape index (κ2) is 14.2. The Balaban J connectivity index is 1.66. The number of aliphatic hydroxyl groups is 2. The molecule has 0 aliphatic carbocycles. The molecule has 0 amide bonds. The Labute approximate surface area is 242 Å². The summed E-state index contributed by atoms with van der Waals surface area (Å²) in [4.78, 5) is 2.73. The summed E-state index contributed by atoms with van der Waals surface area (Å²) in [6, 6.07) is 30.1. The van der Waals surface area contributed by atoms with Crippen molar-refractivity contribution in [3.8, 4) is 0 Å². The third-order valence-electron chi connectivity index (χ3n) is 7.34. The molecule has 0 aromatic heterocycles. The quantitative estimate of drug-likeness (QED) is 0.110. The van der Waals surface area contributed by atoms with Crippen molar-refractivity contribution in [1.29, 1.82) is 0 Å². The Kier molecular flexibility index (Phi) is 10.7. The number of aliphatic hydroxyl groups excluding tert-OH is 2. The smallest absolute Gasteiger partial charge is 0.261 e. The van der Waals surface area contributed by atoms with Gasteiger partial charge in [0.1, 0.15) is 24.4 Å². The third-order valence-corrected chi connectivity index (χ3v) is 12.3. The molecule has 0 radical (unpaired) electrons. The first-order valence-electron chi connectivity index (χ1n) is 13.8. The van der Waals surface area contributed by atoms with Gasteiger partial charge in [0.2, 0.25) is 0 Å². The van der Waals surface area contributed by atoms with Crippen molar-refractivity contribution >= 4 is 18.7 Å². The molecule has 0 bridgehead atoms. The number of hydrogen-bond donors (Lipinski definition) is 2. The van der Waals surface area contributed by atoms with E-state index in [1.54, 1.807) is 0 Å². The Morgan fingerprint density at radius 2 is 1.41 bits per heavy atom. The maximum absolute atomic E-state index is 11.2. The van der Waals surface area contributed by atoms with Gasteiger partial charge in [0.15, 0.2) is 6.29 Å². The average molecular weight is 578 g/mol. The van der Waals surface area contributed by atoms with E-state index in [2.05, 4.69) is 55.1 Å². The molecule has 4 rings (SSSR count). The lowest BCUT2D eigenvalue weighted by molar-refractivity contribution is -0.307. The fraction of sp³-hybridized carbons (Fsp3) is 0.419. The van der Waals surface area contributed by atoms with Gasteiger partial charge in [0, 0.05) is 11.5 Å². The lowest BCUT2D eigenvalue weighted by atomic mass is 9.99. The van der Waals surface area contributed by atoms with E-state index < -0.39 is 39.0 Å². The summed E-state index contributed by atoms with van der Waals surface area (Å²) in [5.74, 6) is 0. The Hall–Kier alpha value is -3.05. The summed E-state index contributed by atoms with van der Waals surface area (Å²) in [5, 5.41) is 27.5. The van der Waals surface area contributed by atoms with E-state index in [0.717, 1.165) is 15.9 Å². The van der Waals surface area contributed by atoms with Gasteiger partial charge in [-0.05, 0) is 26.5 Å². The average Bonchev–Trinajstić information content (AvgIpc) is 2.98. The van der Waals surface area contributed by atoms with E-state index in [1.807, 2.05) is 66.7 Å². The molecule has 1 saturated heterocycles. The van der Waals surface area contributed by atoms with Crippen molar-refractivity contribution in [1.82, 2.24) is 0 Å². The van der Waals surface area contributed by atoms with Crippen LogP contribution in [-0.2, 0) is 25.2 Å². The molecule has 5 atom stereocenters. The van der Waals surface area contributed by atoms with Crippen LogP contribution in [0.4, 0.5) is 0 Å². The van der Waals surface area contributed by atoms with Gasteiger partial charge in [0.05, 0.1) is 19.8 Å². The molecule has 3 aromatic rings. The van der Waals surface area contributed by atoms with E-state index in [1.165, 1.54) is 0 Å². The topological polar surface area (TPSA) is 126 Å². The molecule has 9 nitrogen and oxygen atoms in total. The second-order valence-corrected chi connectivity index (χ2v) is 15.4. The highest BCUT2D eigenvalue weighted by atomic mass is 28.4. The van der Waals surface area contributed by atoms with Gasteiger partial charge in [-0.25, -0.2) is 0 Å². The van der Waals surface area contributed by atoms with Crippen molar-refractivity contribution in [2.45, 2.75) is 63.1 Å². The maximum atomic E-state index is 11.2. The van der Waals surface area contributed by atoms with Gasteiger partial charge in [-0.15, -0.1) is 0 Å². The molecule has 2 N–H and O–H groups in total. The third kappa shape index (κ3) is 7.24. The van der Waals surface area contributed by atoms with Crippen molar-refractivity contribution in [3.63, 3.8) is 0 Å². The zero-order valence-electron chi connectivity index (χ0n) is 23.7. The van der Waals surface area contributed by atoms with Crippen molar-refractivity contribution in [3.05, 3.63) is 107 Å². The van der Waals surface area contributed by atoms with Crippen molar-refractivity contribution < 1.29 is 28.8 Å². The zero-order valence-corrected chi connectivity index (χ0v) is 24.7. The number of azide groups is 1. The number of benzene rings is 3. The van der Waals surface area contributed by atoms with Gasteiger partial charge < -0.3 is 28.8 Å². The molecule has 41 heavy (non-hydrogen) atoms. The molecule has 0 spiro atoms. The minimum atomic E-state index is -2.92. The Morgan fingerprint density at radius 3 is 1.95 bits per heavy atom. The van der Waals surface area contributed by atoms with E-state index >= 15 is 0 Å². The van der Waals surface area contributed by atoms with Crippen molar-refractivity contribution in [2.24, 2.45) is 5.11 Å². The summed E-state index contributed by atoms with van der Waals surface area (Å²) in [6.07, 6.45) is -5.47. The largest absolute Gasteiger partial charge is 0.405 e. The van der Waals surface area contributed by atoms with Crippen LogP contribution in [-0.4, -0.2) is 69.0 Å². The number of hydrogen-bond acceptors (Lipinski definition) is 7. The molecule has 1 aliphatic rings. The van der Waals surface area contributed by atoms with Crippen LogP contribution >= 0.6 is 0 Å². The number of rotatable bonds is 12. The van der Waals surface area contributed by atoms with Crippen LogP contribution in [0.15, 0.2) is 96.1 Å². The monoisotopic (exact) mass is 577 g/mol. The van der Waals surface area contributed by atoms with Gasteiger partial charge >= 0.3 is 0 Å². The predicted octanol–water partition coefficient (Wildman–Crippen LogP) is 3.92. The van der Waals surface area contributed by atoms with Crippen LogP contribution in [0.5, 0.6) is 0 Å². The van der Waals surface area contributed by atoms with Gasteiger partial charge in [-0.1, -0.05) is 117 Å². The fourth-order valence-electron chi connectivity index (χ4n) is 5.37. The van der Waals surface area contributed by atoms with Crippen LogP contribution in [0.2, 0.25) is 5.04 Å². The van der Waals surface area contributed by atoms with E-state index in [9.17, 15) is 10.2 Å². The zero-order chi connectivity index (χ0) is 29.3. The number of ether oxygens (including phenoxy) is 3. The molecule has 1 fully saturated rings. The molecule has 218 valence electrons. The highest BCUT2D eigenvalue weighted by Gasteiger charge is 2.52. The SMILES string of the molecule is CC(C)(C)[Si](OC[C@H]1O[C@@H](OCCN=[N+]=[N-])[C@H](O)[C@@H](O)[C@H]1OCc1ccccc1)(c1ccccc1)c1ccccc1. The first-order chi connectivity index (χ1) is 19.8. The van der Waals surface area contributed by atoms with E-state index in [-0.39, 0.29) is 31.4 Å². The van der Waals surface area contributed by atoms with Crippen LogP contribution in [0.1, 0.15) is 26.3 Å². The van der Waals surface area contributed by atoms with Crippen LogP contribution < -0.4 is 10.4 Å². The lowest BCUT2D eigenvalue weighted by Crippen LogP contribution is -2.68. The molecular formula is C31H39N3O6Si. The summed E-state index contributed by atoms with van der Waals surface area (Å²) < 4.78 is 25.2. The first kappa shape index (κ1) is 30.9. The van der Waals surface area contributed by atoms with Gasteiger partial charge in [-0.3, -0.25) is 0 Å². The molecule has 0 unspecified atom stereocenters. The highest BCUT2D eigenvalue weighted by molar-refractivity contribution is 6.99. The van der Waals surface area contributed by atoms with Gasteiger partial charge in [0.25, 0.3) is 8.32 Å². The Morgan fingerprint density at radius 1 is 0.854 bits per heavy atom. The highest BCUT2D eigenvalue weighted by Crippen LogP contribution is 2.37. The maximum Gasteiger partial charge on any atom is 0.261 e. The molecule has 3 aromatic carbocycles. The summed E-state index contributed by atoms with van der Waals surface area (Å²) >= 11 is 0. The van der Waals surface area contributed by atoms with E-state index in [0.29, 0.717) is 0 Å². The Bertz CT molecular complexity index is 1220. The predicted molar refractivity (Wildman–Crippen MR) is 159 cm³/mol. The van der Waals surface area contributed by atoms with Crippen LogP contribution in [0.3, 0.4) is 0 Å². The van der Waals surface area contributed by atoms with Crippen LogP contribution in [0.25, 0.3) is 10.4 Å². The first-order valence-corrected chi connectivity index (χ1v) is 15.7. The molecule has 10 heteroatoms. The fourth-order valence-corrected chi connectivity index (χ4v) is 9.94. The van der Waals surface area contributed by atoms with Crippen LogP contribution in [0, 0.1) is 0 Å². The summed E-state index contributed by atoms with van der Waals surface area (Å²) in [6.45, 7) is 6.95. The molecule has 0 saturated carbocycles. The summed E-state index contributed by atoms with van der Waals surface area (Å²) in [5.41, 5.74) is 9.50. The number of nitrogens with zero attached hydrogens (tertiary/aromatic N) is 3. The minimum Gasteiger partial charge on any atom is -0.405 e. The lowest BCUT2D eigenvalue weighted by Gasteiger charge is -2.46. The standard InChI is InChI=1S/C31H39N3O6Si/c1-31(2,3)41(24-15-9-5-10-16-24,25-17-11-6-12-18-25)39-22-26-29(38-21-23-13-7-4-8-14-23)27(35)28(36)30(40-26)37-20-19-33-34-32/h4-18,26-30,35-36H,19-22H2,1-3H3/t26-,27-,28-,29+,30-/m1/s1. The normalized spacial score (nSPS) is 23.1. The molecule has 1 aliphatic heterocycles. The molecule has 1 heterocycles. The molecular weight excluding hydrogens is 538 g/mol. The van der Waals surface area contributed by atoms with Crippen molar-refractivity contribution in [2.75, 3.05) is 19.8 Å². The minimum absolute atomic E-state index is 0.0241. The van der Waals surface area contributed by atoms with E-state index in [4.69, 9.17) is 24.2 Å². The summed E-state index contributed by atoms with van der Waals surface area (Å²) in [7, 11) is -2.92.